The molecule has 0 aliphatic carbocycles. The summed E-state index contributed by atoms with van der Waals surface area (Å²) in [4.78, 5) is 23.4. The molecule has 0 aliphatic heterocycles. The number of pyridine rings is 1. The van der Waals surface area contributed by atoms with Crippen LogP contribution < -0.4 is 16.2 Å². The van der Waals surface area contributed by atoms with Gasteiger partial charge in [-0.1, -0.05) is 31.2 Å². The Bertz CT molecular complexity index is 723. The summed E-state index contributed by atoms with van der Waals surface area (Å²) in [6.07, 6.45) is 2.47. The highest BCUT2D eigenvalue weighted by molar-refractivity contribution is 5.89. The van der Waals surface area contributed by atoms with Gasteiger partial charge in [0.1, 0.15) is 0 Å². The van der Waals surface area contributed by atoms with Crippen LogP contribution in [0.3, 0.4) is 0 Å². The van der Waals surface area contributed by atoms with Gasteiger partial charge in [-0.3, -0.25) is 4.79 Å². The van der Waals surface area contributed by atoms with Crippen molar-refractivity contribution in [2.75, 3.05) is 11.9 Å². The van der Waals surface area contributed by atoms with Gasteiger partial charge >= 0.3 is 6.03 Å². The second kappa shape index (κ2) is 7.60. The molecule has 1 unspecified atom stereocenters. The summed E-state index contributed by atoms with van der Waals surface area (Å²) >= 11 is 0. The van der Waals surface area contributed by atoms with Crippen LogP contribution in [0.1, 0.15) is 24.1 Å². The van der Waals surface area contributed by atoms with Gasteiger partial charge in [-0.25, -0.2) is 4.79 Å². The molecular formula is C17H21N3O3. The largest absolute Gasteiger partial charge is 0.394 e. The topological polar surface area (TPSA) is 83.4 Å². The van der Waals surface area contributed by atoms with E-state index in [1.165, 1.54) is 28.5 Å². The van der Waals surface area contributed by atoms with E-state index in [0.717, 1.165) is 12.0 Å². The lowest BCUT2D eigenvalue weighted by Crippen LogP contribution is -2.34. The zero-order chi connectivity index (χ0) is 16.8. The summed E-state index contributed by atoms with van der Waals surface area (Å²) < 4.78 is 1.38. The van der Waals surface area contributed by atoms with E-state index in [1.54, 1.807) is 7.05 Å². The first-order valence-corrected chi connectivity index (χ1v) is 7.47. The van der Waals surface area contributed by atoms with Gasteiger partial charge in [-0.15, -0.1) is 0 Å². The summed E-state index contributed by atoms with van der Waals surface area (Å²) in [6, 6.07) is 9.72. The number of nitrogens with zero attached hydrogens (tertiary/aromatic N) is 1. The van der Waals surface area contributed by atoms with Crippen LogP contribution in [0, 0.1) is 0 Å². The first-order valence-electron chi connectivity index (χ1n) is 7.47. The van der Waals surface area contributed by atoms with E-state index in [4.69, 9.17) is 0 Å². The number of nitrogens with one attached hydrogen (secondary N) is 2. The van der Waals surface area contributed by atoms with Crippen LogP contribution in [0.5, 0.6) is 0 Å². The van der Waals surface area contributed by atoms with Gasteiger partial charge in [0.2, 0.25) is 5.56 Å². The third-order valence-electron chi connectivity index (χ3n) is 3.62. The summed E-state index contributed by atoms with van der Waals surface area (Å²) in [7, 11) is 1.61. The molecule has 122 valence electrons. The van der Waals surface area contributed by atoms with Crippen molar-refractivity contribution in [3.63, 3.8) is 0 Å². The van der Waals surface area contributed by atoms with Crippen molar-refractivity contribution in [2.45, 2.75) is 19.4 Å². The number of amides is 2. The van der Waals surface area contributed by atoms with Crippen LogP contribution in [-0.4, -0.2) is 22.3 Å². The Hall–Kier alpha value is -2.60. The Morgan fingerprint density at radius 3 is 2.48 bits per heavy atom. The Morgan fingerprint density at radius 2 is 1.91 bits per heavy atom. The number of aliphatic hydroxyl groups is 1. The molecule has 1 aromatic heterocycles. The maximum atomic E-state index is 12.1. The average molecular weight is 315 g/mol. The van der Waals surface area contributed by atoms with Gasteiger partial charge in [0.05, 0.1) is 18.3 Å². The SMILES string of the molecule is CCc1ccc(C(CO)NC(=O)Nc2ccc(=O)n(C)c2)cc1. The predicted octanol–water partition coefficient (Wildman–Crippen LogP) is 1.80. The minimum absolute atomic E-state index is 0.153. The number of urea groups is 1. The van der Waals surface area contributed by atoms with Crippen molar-refractivity contribution in [1.82, 2.24) is 9.88 Å². The van der Waals surface area contributed by atoms with Gasteiger partial charge < -0.3 is 20.3 Å². The minimum atomic E-state index is -0.492. The zero-order valence-corrected chi connectivity index (χ0v) is 13.2. The highest BCUT2D eigenvalue weighted by Crippen LogP contribution is 2.14. The molecular weight excluding hydrogens is 294 g/mol. The third kappa shape index (κ3) is 4.43. The molecule has 0 saturated carbocycles. The fourth-order valence-corrected chi connectivity index (χ4v) is 2.21. The number of aryl methyl sites for hydroxylation is 2. The minimum Gasteiger partial charge on any atom is -0.394 e. The van der Waals surface area contributed by atoms with Crippen LogP contribution in [0.25, 0.3) is 0 Å². The zero-order valence-electron chi connectivity index (χ0n) is 13.2. The van der Waals surface area contributed by atoms with Crippen LogP contribution in [0.4, 0.5) is 10.5 Å². The molecule has 6 heteroatoms. The second-order valence-electron chi connectivity index (χ2n) is 5.30. The number of aliphatic hydroxyl groups excluding tert-OH is 1. The highest BCUT2D eigenvalue weighted by atomic mass is 16.3. The molecule has 0 radical (unpaired) electrons. The molecule has 0 saturated heterocycles. The summed E-state index contributed by atoms with van der Waals surface area (Å²) in [5.41, 5.74) is 2.38. The number of rotatable bonds is 5. The maximum Gasteiger partial charge on any atom is 0.319 e. The molecule has 23 heavy (non-hydrogen) atoms. The number of carbonyl (C=O) groups is 1. The van der Waals surface area contributed by atoms with Crippen molar-refractivity contribution < 1.29 is 9.90 Å². The second-order valence-corrected chi connectivity index (χ2v) is 5.30. The molecule has 0 spiro atoms. The first kappa shape index (κ1) is 16.8. The van der Waals surface area contributed by atoms with Crippen molar-refractivity contribution in [1.29, 1.82) is 0 Å². The average Bonchev–Trinajstić information content (AvgIpc) is 2.56. The van der Waals surface area contributed by atoms with Gasteiger partial charge in [-0.05, 0) is 23.6 Å². The fourth-order valence-electron chi connectivity index (χ4n) is 2.21. The molecule has 1 aromatic carbocycles. The van der Waals surface area contributed by atoms with Gasteiger partial charge in [0.15, 0.2) is 0 Å². The Morgan fingerprint density at radius 1 is 1.22 bits per heavy atom. The molecule has 2 rings (SSSR count). The Labute approximate surface area is 134 Å². The number of carbonyl (C=O) groups excluding carboxylic acids is 1. The molecule has 2 amide bonds. The van der Waals surface area contributed by atoms with E-state index in [2.05, 4.69) is 17.6 Å². The van der Waals surface area contributed by atoms with Crippen molar-refractivity contribution in [3.05, 3.63) is 64.1 Å². The van der Waals surface area contributed by atoms with Gasteiger partial charge in [-0.2, -0.15) is 0 Å². The van der Waals surface area contributed by atoms with Crippen LogP contribution in [0.2, 0.25) is 0 Å². The fraction of sp³-hybridized carbons (Fsp3) is 0.294. The maximum absolute atomic E-state index is 12.1. The summed E-state index contributed by atoms with van der Waals surface area (Å²) in [5, 5.41) is 14.9. The molecule has 0 fully saturated rings. The molecule has 3 N–H and O–H groups in total. The van der Waals surface area contributed by atoms with E-state index < -0.39 is 12.1 Å². The van der Waals surface area contributed by atoms with Gasteiger partial charge in [0.25, 0.3) is 0 Å². The number of anilines is 1. The predicted molar refractivity (Wildman–Crippen MR) is 89.5 cm³/mol. The van der Waals surface area contributed by atoms with Crippen LogP contribution in [0.15, 0.2) is 47.4 Å². The number of hydrogen-bond acceptors (Lipinski definition) is 3. The summed E-state index contributed by atoms with van der Waals surface area (Å²) in [5.74, 6) is 0. The van der Waals surface area contributed by atoms with Crippen molar-refractivity contribution in [3.8, 4) is 0 Å². The molecule has 2 aromatic rings. The molecule has 1 heterocycles. The Balaban J connectivity index is 2.03. The monoisotopic (exact) mass is 315 g/mol. The van der Waals surface area contributed by atoms with Crippen LogP contribution in [-0.2, 0) is 13.5 Å². The smallest absolute Gasteiger partial charge is 0.319 e. The van der Waals surface area contributed by atoms with Gasteiger partial charge in [0, 0.05) is 19.3 Å². The molecule has 0 aliphatic rings. The quantitative estimate of drug-likeness (QED) is 0.787. The van der Waals surface area contributed by atoms with Crippen molar-refractivity contribution in [2.24, 2.45) is 7.05 Å². The highest BCUT2D eigenvalue weighted by Gasteiger charge is 2.13. The lowest BCUT2D eigenvalue weighted by molar-refractivity contribution is 0.225. The number of hydrogen-bond donors (Lipinski definition) is 3. The van der Waals surface area contributed by atoms with Crippen molar-refractivity contribution >= 4 is 11.7 Å². The number of benzene rings is 1. The first-order chi connectivity index (χ1) is 11.0. The van der Waals surface area contributed by atoms with E-state index in [9.17, 15) is 14.7 Å². The van der Waals surface area contributed by atoms with E-state index in [0.29, 0.717) is 5.69 Å². The number of aromatic nitrogens is 1. The standard InChI is InChI=1S/C17H21N3O3/c1-3-12-4-6-13(7-5-12)15(11-21)19-17(23)18-14-8-9-16(22)20(2)10-14/h4-10,15,21H,3,11H2,1-2H3,(H2,18,19,23). The lowest BCUT2D eigenvalue weighted by atomic mass is 10.0. The molecule has 6 nitrogen and oxygen atoms in total. The van der Waals surface area contributed by atoms with Crippen LogP contribution >= 0.6 is 0 Å². The molecule has 0 bridgehead atoms. The lowest BCUT2D eigenvalue weighted by Gasteiger charge is -2.17. The third-order valence-corrected chi connectivity index (χ3v) is 3.62. The summed E-state index contributed by atoms with van der Waals surface area (Å²) in [6.45, 7) is 1.86. The van der Waals surface area contributed by atoms with E-state index in [1.807, 2.05) is 24.3 Å². The normalized spacial score (nSPS) is 11.8. The van der Waals surface area contributed by atoms with E-state index >= 15 is 0 Å². The Kier molecular flexibility index (Phi) is 5.54. The van der Waals surface area contributed by atoms with E-state index in [-0.39, 0.29) is 12.2 Å². The molecule has 1 atom stereocenters.